The normalized spacial score (nSPS) is 13.9. The van der Waals surface area contributed by atoms with E-state index >= 15 is 0 Å². The molecule has 1 N–H and O–H groups in total. The standard InChI is InChI=1S/C11H27NO4SSi/c1-12(2,8-6-10-17(13,14)15)9-7-11-18(4,5)16-3/h6-11H2,1-5H3/p+1. The van der Waals surface area contributed by atoms with Gasteiger partial charge in [0, 0.05) is 13.5 Å². The molecule has 0 saturated heterocycles. The first-order valence-electron chi connectivity index (χ1n) is 6.30. The van der Waals surface area contributed by atoms with Crippen LogP contribution in [0.15, 0.2) is 0 Å². The molecule has 0 aliphatic heterocycles. The van der Waals surface area contributed by atoms with Crippen molar-refractivity contribution in [3.63, 3.8) is 0 Å². The highest BCUT2D eigenvalue weighted by molar-refractivity contribution is 7.85. The fourth-order valence-electron chi connectivity index (χ4n) is 1.82. The van der Waals surface area contributed by atoms with Crippen molar-refractivity contribution >= 4 is 18.4 Å². The Kier molecular flexibility index (Phi) is 7.02. The van der Waals surface area contributed by atoms with E-state index in [-0.39, 0.29) is 5.75 Å². The predicted octanol–water partition coefficient (Wildman–Crippen LogP) is 1.58. The lowest BCUT2D eigenvalue weighted by Gasteiger charge is -2.31. The lowest BCUT2D eigenvalue weighted by molar-refractivity contribution is -0.890. The van der Waals surface area contributed by atoms with Crippen molar-refractivity contribution in [1.82, 2.24) is 0 Å². The van der Waals surface area contributed by atoms with Crippen LogP contribution in [0.1, 0.15) is 12.8 Å². The summed E-state index contributed by atoms with van der Waals surface area (Å²) in [6.45, 7) is 6.16. The highest BCUT2D eigenvalue weighted by atomic mass is 32.2. The summed E-state index contributed by atoms with van der Waals surface area (Å²) < 4.78 is 36.2. The fraction of sp³-hybridized carbons (Fsp3) is 1.00. The maximum atomic E-state index is 10.6. The van der Waals surface area contributed by atoms with Crippen LogP contribution >= 0.6 is 0 Å². The summed E-state index contributed by atoms with van der Waals surface area (Å²) in [4.78, 5) is 0. The summed E-state index contributed by atoms with van der Waals surface area (Å²) >= 11 is 0. The van der Waals surface area contributed by atoms with Crippen LogP contribution in [0.5, 0.6) is 0 Å². The van der Waals surface area contributed by atoms with Crippen LogP contribution < -0.4 is 0 Å². The Bertz CT molecular complexity index is 341. The summed E-state index contributed by atoms with van der Waals surface area (Å²) in [5, 5.41) is 0. The number of quaternary nitrogens is 1. The molecule has 0 fully saturated rings. The van der Waals surface area contributed by atoms with Crippen LogP contribution in [0.3, 0.4) is 0 Å². The van der Waals surface area contributed by atoms with E-state index in [0.717, 1.165) is 30.0 Å². The van der Waals surface area contributed by atoms with Gasteiger partial charge in [0.15, 0.2) is 8.32 Å². The van der Waals surface area contributed by atoms with Gasteiger partial charge in [-0.25, -0.2) is 0 Å². The van der Waals surface area contributed by atoms with Gasteiger partial charge in [-0.2, -0.15) is 8.42 Å². The summed E-state index contributed by atoms with van der Waals surface area (Å²) in [5.41, 5.74) is 0. The Morgan fingerprint density at radius 1 is 1.17 bits per heavy atom. The average Bonchev–Trinajstić information content (AvgIpc) is 2.14. The molecule has 0 heterocycles. The van der Waals surface area contributed by atoms with Gasteiger partial charge in [-0.15, -0.1) is 0 Å². The summed E-state index contributed by atoms with van der Waals surface area (Å²) in [7, 11) is 0.652. The topological polar surface area (TPSA) is 63.6 Å². The lowest BCUT2D eigenvalue weighted by Crippen LogP contribution is -2.42. The van der Waals surface area contributed by atoms with Crippen molar-refractivity contribution < 1.29 is 21.9 Å². The van der Waals surface area contributed by atoms with Gasteiger partial charge in [-0.3, -0.25) is 4.55 Å². The van der Waals surface area contributed by atoms with Crippen molar-refractivity contribution in [1.29, 1.82) is 0 Å². The molecule has 0 amide bonds. The molecule has 7 heteroatoms. The van der Waals surface area contributed by atoms with E-state index < -0.39 is 18.4 Å². The number of hydrogen-bond donors (Lipinski definition) is 1. The van der Waals surface area contributed by atoms with Gasteiger partial charge >= 0.3 is 0 Å². The van der Waals surface area contributed by atoms with Crippen LogP contribution in [0.2, 0.25) is 19.1 Å². The molecule has 0 aromatic carbocycles. The smallest absolute Gasteiger partial charge is 0.265 e. The summed E-state index contributed by atoms with van der Waals surface area (Å²) in [6, 6.07) is 1.11. The van der Waals surface area contributed by atoms with E-state index in [2.05, 4.69) is 27.2 Å². The van der Waals surface area contributed by atoms with E-state index in [1.165, 1.54) is 0 Å². The Balaban J connectivity index is 3.94. The lowest BCUT2D eigenvalue weighted by atomic mass is 10.3. The van der Waals surface area contributed by atoms with Crippen LogP contribution in [0, 0.1) is 0 Å². The minimum absolute atomic E-state index is 0.146. The summed E-state index contributed by atoms with van der Waals surface area (Å²) in [6.07, 6.45) is 1.59. The molecular formula is C11H28NO4SSi+. The first kappa shape index (κ1) is 18.0. The molecule has 0 saturated carbocycles. The first-order chi connectivity index (χ1) is 7.97. The number of hydrogen-bond acceptors (Lipinski definition) is 3. The van der Waals surface area contributed by atoms with E-state index in [9.17, 15) is 8.42 Å². The molecule has 0 aliphatic carbocycles. The third-order valence-corrected chi connectivity index (χ3v) is 6.73. The van der Waals surface area contributed by atoms with E-state index in [0.29, 0.717) is 6.42 Å². The highest BCUT2D eigenvalue weighted by Gasteiger charge is 2.23. The van der Waals surface area contributed by atoms with Crippen LogP contribution in [0.4, 0.5) is 0 Å². The van der Waals surface area contributed by atoms with E-state index in [1.54, 1.807) is 7.11 Å². The molecule has 18 heavy (non-hydrogen) atoms. The minimum atomic E-state index is -3.82. The average molecular weight is 299 g/mol. The van der Waals surface area contributed by atoms with Gasteiger partial charge in [0.25, 0.3) is 10.1 Å². The minimum Gasteiger partial charge on any atom is -0.420 e. The van der Waals surface area contributed by atoms with Gasteiger partial charge in [-0.05, 0) is 25.6 Å². The fourth-order valence-corrected chi connectivity index (χ4v) is 3.53. The summed E-state index contributed by atoms with van der Waals surface area (Å²) in [5.74, 6) is -0.146. The second kappa shape index (κ2) is 7.00. The zero-order chi connectivity index (χ0) is 14.4. The van der Waals surface area contributed by atoms with Crippen molar-refractivity contribution in [3.8, 4) is 0 Å². The number of nitrogens with zero attached hydrogens (tertiary/aromatic N) is 1. The van der Waals surface area contributed by atoms with Gasteiger partial charge in [0.2, 0.25) is 0 Å². The number of rotatable bonds is 9. The van der Waals surface area contributed by atoms with Crippen LogP contribution in [-0.2, 0) is 14.5 Å². The maximum Gasteiger partial charge on any atom is 0.265 e. The Morgan fingerprint density at radius 2 is 1.67 bits per heavy atom. The van der Waals surface area contributed by atoms with Gasteiger partial charge in [0.05, 0.1) is 32.9 Å². The molecule has 5 nitrogen and oxygen atoms in total. The molecule has 0 aliphatic rings. The quantitative estimate of drug-likeness (QED) is 0.399. The first-order valence-corrected chi connectivity index (χ1v) is 11.0. The molecule has 0 aromatic rings. The third-order valence-electron chi connectivity index (χ3n) is 3.26. The third kappa shape index (κ3) is 10.0. The maximum absolute atomic E-state index is 10.6. The largest absolute Gasteiger partial charge is 0.420 e. The molecule has 0 bridgehead atoms. The van der Waals surface area contributed by atoms with E-state index in [1.807, 2.05) is 0 Å². The molecule has 0 radical (unpaired) electrons. The van der Waals surface area contributed by atoms with Gasteiger partial charge < -0.3 is 8.91 Å². The molecular weight excluding hydrogens is 270 g/mol. The molecule has 0 aromatic heterocycles. The van der Waals surface area contributed by atoms with Crippen LogP contribution in [0.25, 0.3) is 0 Å². The van der Waals surface area contributed by atoms with E-state index in [4.69, 9.17) is 8.98 Å². The van der Waals surface area contributed by atoms with Crippen molar-refractivity contribution in [2.24, 2.45) is 0 Å². The zero-order valence-electron chi connectivity index (χ0n) is 12.3. The van der Waals surface area contributed by atoms with Gasteiger partial charge in [0.1, 0.15) is 0 Å². The molecule has 0 spiro atoms. The van der Waals surface area contributed by atoms with Crippen molar-refractivity contribution in [2.75, 3.05) is 40.0 Å². The SMILES string of the molecule is CO[Si](C)(C)CCC[N+](C)(C)CCCS(=O)(=O)O. The monoisotopic (exact) mass is 298 g/mol. The predicted molar refractivity (Wildman–Crippen MR) is 76.8 cm³/mol. The molecule has 0 atom stereocenters. The molecule has 0 unspecified atom stereocenters. The molecule has 110 valence electrons. The van der Waals surface area contributed by atoms with Gasteiger partial charge in [-0.1, -0.05) is 0 Å². The Hall–Kier alpha value is 0.0469. The second-order valence-electron chi connectivity index (χ2n) is 6.09. The second-order valence-corrected chi connectivity index (χ2v) is 12.1. The zero-order valence-corrected chi connectivity index (χ0v) is 14.1. The van der Waals surface area contributed by atoms with Crippen LogP contribution in [-0.4, -0.2) is 65.8 Å². The Labute approximate surface area is 113 Å². The highest BCUT2D eigenvalue weighted by Crippen LogP contribution is 2.14. The van der Waals surface area contributed by atoms with Crippen molar-refractivity contribution in [3.05, 3.63) is 0 Å². The Morgan fingerprint density at radius 3 is 2.11 bits per heavy atom. The molecule has 0 rings (SSSR count). The van der Waals surface area contributed by atoms with Crippen molar-refractivity contribution in [2.45, 2.75) is 32.0 Å².